The highest BCUT2D eigenvalue weighted by molar-refractivity contribution is 5.92. The number of aromatic nitrogens is 1. The van der Waals surface area contributed by atoms with E-state index in [0.29, 0.717) is 5.76 Å². The monoisotopic (exact) mass is 496 g/mol. The molecule has 0 spiro atoms. The molecule has 2 aromatic carbocycles. The summed E-state index contributed by atoms with van der Waals surface area (Å²) in [7, 11) is 0. The molecule has 5 rings (SSSR count). The zero-order valence-corrected chi connectivity index (χ0v) is 21.3. The van der Waals surface area contributed by atoms with Crippen LogP contribution in [0.3, 0.4) is 0 Å². The van der Waals surface area contributed by atoms with Crippen molar-refractivity contribution in [3.8, 4) is 11.4 Å². The fraction of sp³-hybridized carbons (Fsp3) is 0.267. The Kier molecular flexibility index (Phi) is 7.40. The number of nitrogens with zero attached hydrogens (tertiary/aromatic N) is 3. The Balaban J connectivity index is 1.11. The fourth-order valence-electron chi connectivity index (χ4n) is 4.64. The van der Waals surface area contributed by atoms with E-state index in [0.717, 1.165) is 30.1 Å². The molecular weight excluding hydrogens is 464 g/mol. The number of aryl methyl sites for hydroxylation is 2. The maximum atomic E-state index is 12.4. The molecule has 1 fully saturated rings. The molecule has 0 bridgehead atoms. The first kappa shape index (κ1) is 24.4. The van der Waals surface area contributed by atoms with Gasteiger partial charge in [-0.2, -0.15) is 5.10 Å². The first-order valence-corrected chi connectivity index (χ1v) is 12.7. The third-order valence-electron chi connectivity index (χ3n) is 6.63. The van der Waals surface area contributed by atoms with Crippen LogP contribution in [0.15, 0.2) is 82.3 Å². The Morgan fingerprint density at radius 2 is 1.57 bits per heavy atom. The lowest BCUT2D eigenvalue weighted by Crippen LogP contribution is -2.29. The molecule has 3 heterocycles. The third kappa shape index (κ3) is 5.94. The van der Waals surface area contributed by atoms with E-state index in [1.807, 2.05) is 36.4 Å². The molecule has 0 aliphatic carbocycles. The number of anilines is 1. The van der Waals surface area contributed by atoms with Gasteiger partial charge in [0, 0.05) is 35.9 Å². The van der Waals surface area contributed by atoms with Crippen LogP contribution in [0.5, 0.6) is 5.75 Å². The predicted octanol–water partition coefficient (Wildman–Crippen LogP) is 6.02. The molecular formula is C30H32N4O3. The zero-order chi connectivity index (χ0) is 25.6. The summed E-state index contributed by atoms with van der Waals surface area (Å²) in [6, 6.07) is 23.7. The van der Waals surface area contributed by atoms with Crippen LogP contribution in [0.1, 0.15) is 52.5 Å². The minimum absolute atomic E-state index is 0.185. The largest absolute Gasteiger partial charge is 0.486 e. The summed E-state index contributed by atoms with van der Waals surface area (Å²) in [6.45, 7) is 6.61. The van der Waals surface area contributed by atoms with E-state index in [1.54, 1.807) is 18.3 Å². The number of nitrogens with one attached hydrogen (secondary N) is 1. The van der Waals surface area contributed by atoms with Gasteiger partial charge >= 0.3 is 5.91 Å². The molecule has 0 saturated carbocycles. The summed E-state index contributed by atoms with van der Waals surface area (Å²) in [5.74, 6) is 1.06. The highest BCUT2D eigenvalue weighted by Crippen LogP contribution is 2.21. The van der Waals surface area contributed by atoms with Crippen molar-refractivity contribution < 1.29 is 13.9 Å². The lowest BCUT2D eigenvalue weighted by atomic mass is 10.1. The summed E-state index contributed by atoms with van der Waals surface area (Å²) < 4.78 is 13.7. The van der Waals surface area contributed by atoms with E-state index in [4.69, 9.17) is 9.15 Å². The number of hydrazone groups is 1. The quantitative estimate of drug-likeness (QED) is 0.239. The Morgan fingerprint density at radius 1 is 0.892 bits per heavy atom. The number of carbonyl (C=O) groups is 1. The van der Waals surface area contributed by atoms with Gasteiger partial charge in [-0.3, -0.25) is 4.79 Å². The van der Waals surface area contributed by atoms with Crippen molar-refractivity contribution in [1.82, 2.24) is 9.99 Å². The topological polar surface area (TPSA) is 72.0 Å². The standard InChI is InChI=1S/C30H32N4O3/c1-22-6-7-23(2)34(22)26-12-14-27(15-13-26)36-21-28-16-17-29(37-28)30(35)32-31-20-24-8-10-25(11-9-24)33-18-4-3-5-19-33/h6-17,20H,3-5,18-19,21H2,1-2H3,(H,32,35)/b31-20+. The highest BCUT2D eigenvalue weighted by atomic mass is 16.5. The maximum Gasteiger partial charge on any atom is 0.307 e. The Labute approximate surface area is 217 Å². The number of rotatable bonds is 8. The van der Waals surface area contributed by atoms with Crippen molar-refractivity contribution in [1.29, 1.82) is 0 Å². The maximum absolute atomic E-state index is 12.4. The second-order valence-electron chi connectivity index (χ2n) is 9.34. The smallest absolute Gasteiger partial charge is 0.307 e. The lowest BCUT2D eigenvalue weighted by Gasteiger charge is -2.28. The van der Waals surface area contributed by atoms with Crippen LogP contribution in [0.2, 0.25) is 0 Å². The number of carbonyl (C=O) groups excluding carboxylic acids is 1. The van der Waals surface area contributed by atoms with Gasteiger partial charge in [0.05, 0.1) is 6.21 Å². The van der Waals surface area contributed by atoms with Gasteiger partial charge in [-0.15, -0.1) is 0 Å². The van der Waals surface area contributed by atoms with E-state index >= 15 is 0 Å². The van der Waals surface area contributed by atoms with Gasteiger partial charge in [-0.05, 0) is 99.3 Å². The normalized spacial score (nSPS) is 13.7. The molecule has 1 N–H and O–H groups in total. The lowest BCUT2D eigenvalue weighted by molar-refractivity contribution is 0.0923. The molecule has 4 aromatic rings. The van der Waals surface area contributed by atoms with Crippen molar-refractivity contribution >= 4 is 17.8 Å². The first-order valence-electron chi connectivity index (χ1n) is 12.7. The van der Waals surface area contributed by atoms with Crippen molar-refractivity contribution in [2.24, 2.45) is 5.10 Å². The molecule has 2 aromatic heterocycles. The molecule has 0 radical (unpaired) electrons. The molecule has 1 saturated heterocycles. The van der Waals surface area contributed by atoms with Crippen LogP contribution >= 0.6 is 0 Å². The van der Waals surface area contributed by atoms with Gasteiger partial charge in [-0.25, -0.2) is 5.43 Å². The molecule has 1 aliphatic rings. The Bertz CT molecular complexity index is 1340. The number of hydrogen-bond acceptors (Lipinski definition) is 5. The van der Waals surface area contributed by atoms with Gasteiger partial charge in [0.15, 0.2) is 5.76 Å². The average molecular weight is 497 g/mol. The number of benzene rings is 2. The predicted molar refractivity (Wildman–Crippen MR) is 146 cm³/mol. The van der Waals surface area contributed by atoms with Gasteiger partial charge in [0.2, 0.25) is 0 Å². The summed E-state index contributed by atoms with van der Waals surface area (Å²) in [5.41, 5.74) is 8.13. The van der Waals surface area contributed by atoms with Crippen LogP contribution in [0, 0.1) is 13.8 Å². The van der Waals surface area contributed by atoms with Gasteiger partial charge in [0.25, 0.3) is 0 Å². The first-order chi connectivity index (χ1) is 18.1. The number of hydrogen-bond donors (Lipinski definition) is 1. The molecule has 0 unspecified atom stereocenters. The summed E-state index contributed by atoms with van der Waals surface area (Å²) in [5, 5.41) is 4.07. The zero-order valence-electron chi connectivity index (χ0n) is 21.3. The van der Waals surface area contributed by atoms with E-state index in [1.165, 1.54) is 36.3 Å². The fourth-order valence-corrected chi connectivity index (χ4v) is 4.64. The van der Waals surface area contributed by atoms with Gasteiger partial charge < -0.3 is 18.6 Å². The van der Waals surface area contributed by atoms with Gasteiger partial charge in [-0.1, -0.05) is 12.1 Å². The number of ether oxygens (including phenoxy) is 1. The van der Waals surface area contributed by atoms with E-state index in [9.17, 15) is 4.79 Å². The second kappa shape index (κ2) is 11.2. The molecule has 1 amide bonds. The summed E-state index contributed by atoms with van der Waals surface area (Å²) in [4.78, 5) is 14.8. The van der Waals surface area contributed by atoms with Crippen molar-refractivity contribution in [2.45, 2.75) is 39.7 Å². The molecule has 37 heavy (non-hydrogen) atoms. The Hall–Kier alpha value is -4.26. The number of furan rings is 1. The molecule has 1 aliphatic heterocycles. The number of amides is 1. The summed E-state index contributed by atoms with van der Waals surface area (Å²) >= 11 is 0. The van der Waals surface area contributed by atoms with Crippen LogP contribution in [-0.2, 0) is 6.61 Å². The Morgan fingerprint density at radius 3 is 2.27 bits per heavy atom. The summed E-state index contributed by atoms with van der Waals surface area (Å²) in [6.07, 6.45) is 5.44. The minimum atomic E-state index is -0.408. The average Bonchev–Trinajstić information content (AvgIpc) is 3.55. The molecule has 7 nitrogen and oxygen atoms in total. The van der Waals surface area contributed by atoms with Crippen LogP contribution < -0.4 is 15.1 Å². The van der Waals surface area contributed by atoms with Crippen LogP contribution in [0.4, 0.5) is 5.69 Å². The SMILES string of the molecule is Cc1ccc(C)n1-c1ccc(OCc2ccc(C(=O)N/N=C/c3ccc(N4CCCCC4)cc3)o2)cc1. The second-order valence-corrected chi connectivity index (χ2v) is 9.34. The van der Waals surface area contributed by atoms with Crippen molar-refractivity contribution in [3.05, 3.63) is 101 Å². The third-order valence-corrected chi connectivity index (χ3v) is 6.63. The van der Waals surface area contributed by atoms with E-state index < -0.39 is 5.91 Å². The van der Waals surface area contributed by atoms with Gasteiger partial charge in [0.1, 0.15) is 18.1 Å². The van der Waals surface area contributed by atoms with E-state index in [-0.39, 0.29) is 12.4 Å². The van der Waals surface area contributed by atoms with Crippen LogP contribution in [-0.4, -0.2) is 29.8 Å². The van der Waals surface area contributed by atoms with E-state index in [2.05, 4.69) is 58.1 Å². The van der Waals surface area contributed by atoms with Crippen LogP contribution in [0.25, 0.3) is 5.69 Å². The molecule has 0 atom stereocenters. The minimum Gasteiger partial charge on any atom is -0.486 e. The van der Waals surface area contributed by atoms with Crippen molar-refractivity contribution in [3.63, 3.8) is 0 Å². The highest BCUT2D eigenvalue weighted by Gasteiger charge is 2.12. The number of piperidine rings is 1. The van der Waals surface area contributed by atoms with Crippen molar-refractivity contribution in [2.75, 3.05) is 18.0 Å². The molecule has 7 heteroatoms. The molecule has 190 valence electrons.